The summed E-state index contributed by atoms with van der Waals surface area (Å²) in [7, 11) is 0. The van der Waals surface area contributed by atoms with Crippen molar-refractivity contribution in [2.75, 3.05) is 36.5 Å². The first-order valence-electron chi connectivity index (χ1n) is 6.44. The Morgan fingerprint density at radius 3 is 2.76 bits per heavy atom. The smallest absolute Gasteiger partial charge is 0.0411 e. The molecular formula is C14H22N2S. The van der Waals surface area contributed by atoms with E-state index in [1.165, 1.54) is 42.9 Å². The predicted molar refractivity (Wildman–Crippen MR) is 78.0 cm³/mol. The van der Waals surface area contributed by atoms with E-state index in [-0.39, 0.29) is 0 Å². The molecule has 0 aliphatic carbocycles. The van der Waals surface area contributed by atoms with Crippen molar-refractivity contribution in [3.05, 3.63) is 29.8 Å². The first kappa shape index (κ1) is 12.8. The molecular weight excluding hydrogens is 228 g/mol. The lowest BCUT2D eigenvalue weighted by atomic mass is 10.1. The molecule has 17 heavy (non-hydrogen) atoms. The topological polar surface area (TPSA) is 15.3 Å². The highest BCUT2D eigenvalue weighted by Gasteiger charge is 2.14. The lowest BCUT2D eigenvalue weighted by molar-refractivity contribution is 0.729. The van der Waals surface area contributed by atoms with Gasteiger partial charge >= 0.3 is 0 Å². The molecule has 0 amide bonds. The molecule has 1 fully saturated rings. The molecule has 94 valence electrons. The van der Waals surface area contributed by atoms with Crippen LogP contribution in [0, 0.1) is 0 Å². The van der Waals surface area contributed by atoms with Gasteiger partial charge in [-0.15, -0.1) is 0 Å². The number of benzene rings is 1. The van der Waals surface area contributed by atoms with E-state index >= 15 is 0 Å². The van der Waals surface area contributed by atoms with E-state index in [0.717, 1.165) is 13.1 Å². The van der Waals surface area contributed by atoms with Crippen LogP contribution in [0.5, 0.6) is 0 Å². The molecule has 1 heterocycles. The van der Waals surface area contributed by atoms with E-state index in [1.807, 2.05) is 11.8 Å². The summed E-state index contributed by atoms with van der Waals surface area (Å²) in [5, 5.41) is 3.52. The van der Waals surface area contributed by atoms with Crippen molar-refractivity contribution in [3.63, 3.8) is 0 Å². The van der Waals surface area contributed by atoms with Gasteiger partial charge in [0.1, 0.15) is 0 Å². The van der Waals surface area contributed by atoms with Gasteiger partial charge in [0.25, 0.3) is 0 Å². The number of nitrogens with zero attached hydrogens (tertiary/aromatic N) is 1. The third-order valence-electron chi connectivity index (χ3n) is 3.24. The van der Waals surface area contributed by atoms with Crippen LogP contribution in [-0.4, -0.2) is 31.6 Å². The summed E-state index contributed by atoms with van der Waals surface area (Å²) < 4.78 is 0. The van der Waals surface area contributed by atoms with E-state index in [0.29, 0.717) is 0 Å². The number of hydrogen-bond acceptors (Lipinski definition) is 3. The Morgan fingerprint density at radius 2 is 2.00 bits per heavy atom. The van der Waals surface area contributed by atoms with Crippen molar-refractivity contribution in [1.29, 1.82) is 0 Å². The van der Waals surface area contributed by atoms with Gasteiger partial charge in [-0.2, -0.15) is 11.8 Å². The fraction of sp³-hybridized carbons (Fsp3) is 0.571. The Labute approximate surface area is 109 Å². The highest BCUT2D eigenvalue weighted by Crippen LogP contribution is 2.24. The molecule has 2 rings (SSSR count). The molecule has 2 nitrogen and oxygen atoms in total. The zero-order valence-corrected chi connectivity index (χ0v) is 11.4. The van der Waals surface area contributed by atoms with Crippen molar-refractivity contribution in [3.8, 4) is 0 Å². The van der Waals surface area contributed by atoms with Crippen LogP contribution in [0.4, 0.5) is 5.69 Å². The fourth-order valence-corrected chi connectivity index (χ4v) is 2.67. The maximum absolute atomic E-state index is 3.52. The van der Waals surface area contributed by atoms with Crippen LogP contribution < -0.4 is 10.2 Å². The van der Waals surface area contributed by atoms with Crippen LogP contribution in [0.2, 0.25) is 0 Å². The van der Waals surface area contributed by atoms with E-state index in [9.17, 15) is 0 Å². The van der Waals surface area contributed by atoms with E-state index < -0.39 is 0 Å². The number of nitrogens with one attached hydrogen (secondary N) is 1. The average molecular weight is 250 g/mol. The second-order valence-electron chi connectivity index (χ2n) is 4.49. The normalized spacial score (nSPS) is 15.5. The molecule has 0 saturated carbocycles. The van der Waals surface area contributed by atoms with Crippen molar-refractivity contribution >= 4 is 17.4 Å². The molecule has 0 spiro atoms. The predicted octanol–water partition coefficient (Wildman–Crippen LogP) is 2.74. The minimum Gasteiger partial charge on any atom is -0.371 e. The first-order chi connectivity index (χ1) is 8.42. The van der Waals surface area contributed by atoms with E-state index in [4.69, 9.17) is 0 Å². The van der Waals surface area contributed by atoms with Gasteiger partial charge in [0.2, 0.25) is 0 Å². The summed E-state index contributed by atoms with van der Waals surface area (Å²) in [6.07, 6.45) is 4.84. The van der Waals surface area contributed by atoms with Crippen LogP contribution in [0.3, 0.4) is 0 Å². The van der Waals surface area contributed by atoms with Gasteiger partial charge in [0, 0.05) is 37.6 Å². The minimum atomic E-state index is 0.993. The molecule has 0 atom stereocenters. The zero-order valence-electron chi connectivity index (χ0n) is 10.6. The van der Waals surface area contributed by atoms with Crippen LogP contribution in [-0.2, 0) is 6.54 Å². The summed E-state index contributed by atoms with van der Waals surface area (Å²) >= 11 is 1.89. The number of hydrogen-bond donors (Lipinski definition) is 1. The van der Waals surface area contributed by atoms with Crippen LogP contribution in [0.25, 0.3) is 0 Å². The molecule has 0 unspecified atom stereocenters. The highest BCUT2D eigenvalue weighted by atomic mass is 32.2. The second-order valence-corrected chi connectivity index (χ2v) is 5.48. The van der Waals surface area contributed by atoms with E-state index in [1.54, 1.807) is 0 Å². The minimum absolute atomic E-state index is 0.993. The lowest BCUT2D eigenvalue weighted by Crippen LogP contribution is -2.22. The maximum atomic E-state index is 3.52. The third-order valence-corrected chi connectivity index (χ3v) is 3.85. The number of rotatable bonds is 6. The summed E-state index contributed by atoms with van der Waals surface area (Å²) in [6.45, 7) is 4.53. The molecule has 0 aromatic heterocycles. The van der Waals surface area contributed by atoms with Gasteiger partial charge in [0.05, 0.1) is 0 Å². The molecule has 1 N–H and O–H groups in total. The maximum Gasteiger partial charge on any atom is 0.0411 e. The fourth-order valence-electron chi connectivity index (χ4n) is 2.32. The van der Waals surface area contributed by atoms with Crippen molar-refractivity contribution < 1.29 is 0 Å². The summed E-state index contributed by atoms with van der Waals surface area (Å²) in [5.74, 6) is 1.19. The SMILES string of the molecule is CSCCNCc1ccccc1N1CCCC1. The van der Waals surface area contributed by atoms with Gasteiger partial charge in [-0.25, -0.2) is 0 Å². The number of anilines is 1. The standard InChI is InChI=1S/C14H22N2S/c1-17-11-8-15-12-13-6-2-3-7-14(13)16-9-4-5-10-16/h2-3,6-7,15H,4-5,8-12H2,1H3. The Bertz CT molecular complexity index is 335. The highest BCUT2D eigenvalue weighted by molar-refractivity contribution is 7.98. The van der Waals surface area contributed by atoms with Crippen LogP contribution in [0.1, 0.15) is 18.4 Å². The molecule has 1 saturated heterocycles. The molecule has 0 radical (unpaired) electrons. The zero-order chi connectivity index (χ0) is 11.9. The number of thioether (sulfide) groups is 1. The summed E-state index contributed by atoms with van der Waals surface area (Å²) in [4.78, 5) is 2.52. The lowest BCUT2D eigenvalue weighted by Gasteiger charge is -2.21. The molecule has 1 aromatic rings. The Hall–Kier alpha value is -0.670. The van der Waals surface area contributed by atoms with Crippen LogP contribution in [0.15, 0.2) is 24.3 Å². The Kier molecular flexibility index (Phi) is 5.20. The van der Waals surface area contributed by atoms with Gasteiger partial charge in [0.15, 0.2) is 0 Å². The Morgan fingerprint density at radius 1 is 1.24 bits per heavy atom. The Balaban J connectivity index is 1.95. The van der Waals surface area contributed by atoms with Crippen LogP contribution >= 0.6 is 11.8 Å². The van der Waals surface area contributed by atoms with Crippen molar-refractivity contribution in [2.45, 2.75) is 19.4 Å². The van der Waals surface area contributed by atoms with Gasteiger partial charge in [-0.3, -0.25) is 0 Å². The molecule has 3 heteroatoms. The molecule has 1 aromatic carbocycles. The summed E-state index contributed by atoms with van der Waals surface area (Å²) in [5.41, 5.74) is 2.87. The molecule has 0 bridgehead atoms. The second kappa shape index (κ2) is 6.92. The quantitative estimate of drug-likeness (QED) is 0.782. The molecule has 1 aliphatic rings. The molecule has 1 aliphatic heterocycles. The van der Waals surface area contributed by atoms with Crippen molar-refractivity contribution in [1.82, 2.24) is 5.32 Å². The van der Waals surface area contributed by atoms with Gasteiger partial charge < -0.3 is 10.2 Å². The largest absolute Gasteiger partial charge is 0.371 e. The average Bonchev–Trinajstić information content (AvgIpc) is 2.89. The van der Waals surface area contributed by atoms with Gasteiger partial charge in [-0.1, -0.05) is 18.2 Å². The third kappa shape index (κ3) is 3.65. The number of para-hydroxylation sites is 1. The first-order valence-corrected chi connectivity index (χ1v) is 7.83. The monoisotopic (exact) mass is 250 g/mol. The van der Waals surface area contributed by atoms with Crippen molar-refractivity contribution in [2.24, 2.45) is 0 Å². The van der Waals surface area contributed by atoms with E-state index in [2.05, 4.69) is 40.7 Å². The summed E-state index contributed by atoms with van der Waals surface area (Å²) in [6, 6.07) is 8.81. The van der Waals surface area contributed by atoms with Gasteiger partial charge in [-0.05, 0) is 30.7 Å².